The Bertz CT molecular complexity index is 354. The van der Waals surface area contributed by atoms with Gasteiger partial charge in [-0.3, -0.25) is 4.79 Å². The molecule has 94 valence electrons. The lowest BCUT2D eigenvalue weighted by molar-refractivity contribution is 0.0867. The SMILES string of the molecule is CCOCC(C)NC(=O)c1cnc(NN)cn1. The summed E-state index contributed by atoms with van der Waals surface area (Å²) in [6, 6.07) is -0.0726. The van der Waals surface area contributed by atoms with Crippen molar-refractivity contribution in [2.45, 2.75) is 19.9 Å². The van der Waals surface area contributed by atoms with Gasteiger partial charge in [0.15, 0.2) is 5.82 Å². The first kappa shape index (κ1) is 13.3. The van der Waals surface area contributed by atoms with E-state index in [-0.39, 0.29) is 17.6 Å². The summed E-state index contributed by atoms with van der Waals surface area (Å²) in [6.07, 6.45) is 2.75. The quantitative estimate of drug-likeness (QED) is 0.474. The van der Waals surface area contributed by atoms with Crippen molar-refractivity contribution in [1.29, 1.82) is 0 Å². The minimum Gasteiger partial charge on any atom is -0.380 e. The van der Waals surface area contributed by atoms with Crippen molar-refractivity contribution in [2.24, 2.45) is 5.84 Å². The Balaban J connectivity index is 2.51. The highest BCUT2D eigenvalue weighted by molar-refractivity contribution is 5.92. The molecule has 0 saturated carbocycles. The smallest absolute Gasteiger partial charge is 0.271 e. The second-order valence-electron chi connectivity index (χ2n) is 3.47. The number of hydrazine groups is 1. The molecule has 0 aliphatic heterocycles. The molecule has 0 aromatic carbocycles. The zero-order chi connectivity index (χ0) is 12.7. The molecule has 0 aliphatic carbocycles. The summed E-state index contributed by atoms with van der Waals surface area (Å²) >= 11 is 0. The lowest BCUT2D eigenvalue weighted by Crippen LogP contribution is -2.36. The monoisotopic (exact) mass is 239 g/mol. The summed E-state index contributed by atoms with van der Waals surface area (Å²) < 4.78 is 5.19. The van der Waals surface area contributed by atoms with Crippen molar-refractivity contribution in [2.75, 3.05) is 18.6 Å². The van der Waals surface area contributed by atoms with Crippen LogP contribution in [0.1, 0.15) is 24.3 Å². The highest BCUT2D eigenvalue weighted by atomic mass is 16.5. The second-order valence-corrected chi connectivity index (χ2v) is 3.47. The number of carbonyl (C=O) groups is 1. The molecule has 0 radical (unpaired) electrons. The number of nitrogens with one attached hydrogen (secondary N) is 2. The number of anilines is 1. The molecule has 17 heavy (non-hydrogen) atoms. The van der Waals surface area contributed by atoms with Crippen LogP contribution in [0, 0.1) is 0 Å². The van der Waals surface area contributed by atoms with Crippen LogP contribution in [0.25, 0.3) is 0 Å². The van der Waals surface area contributed by atoms with Gasteiger partial charge in [0.05, 0.1) is 19.0 Å². The predicted molar refractivity (Wildman–Crippen MR) is 63.3 cm³/mol. The maximum Gasteiger partial charge on any atom is 0.271 e. The van der Waals surface area contributed by atoms with Gasteiger partial charge >= 0.3 is 0 Å². The summed E-state index contributed by atoms with van der Waals surface area (Å²) in [5, 5.41) is 2.75. The van der Waals surface area contributed by atoms with E-state index in [1.54, 1.807) is 0 Å². The molecule has 1 aromatic heterocycles. The molecule has 1 amide bonds. The maximum absolute atomic E-state index is 11.7. The summed E-state index contributed by atoms with van der Waals surface area (Å²) in [5.41, 5.74) is 2.58. The fourth-order valence-electron chi connectivity index (χ4n) is 1.15. The Morgan fingerprint density at radius 2 is 2.29 bits per heavy atom. The van der Waals surface area contributed by atoms with Crippen LogP contribution in [0.15, 0.2) is 12.4 Å². The van der Waals surface area contributed by atoms with Gasteiger partial charge in [0.1, 0.15) is 5.69 Å². The first-order valence-corrected chi connectivity index (χ1v) is 5.34. The average Bonchev–Trinajstić information content (AvgIpc) is 2.36. The van der Waals surface area contributed by atoms with Gasteiger partial charge in [-0.25, -0.2) is 15.8 Å². The predicted octanol–water partition coefficient (Wildman–Crippen LogP) is -0.0830. The summed E-state index contributed by atoms with van der Waals surface area (Å²) in [5.74, 6) is 5.26. The van der Waals surface area contributed by atoms with Crippen LogP contribution in [0.4, 0.5) is 5.82 Å². The molecule has 1 unspecified atom stereocenters. The molecule has 0 fully saturated rings. The third-order valence-electron chi connectivity index (χ3n) is 1.98. The molecule has 1 heterocycles. The van der Waals surface area contributed by atoms with Gasteiger partial charge in [-0.15, -0.1) is 0 Å². The van der Waals surface area contributed by atoms with E-state index in [4.69, 9.17) is 10.6 Å². The molecular formula is C10H17N5O2. The number of nitrogen functional groups attached to an aromatic ring is 1. The molecule has 1 atom stereocenters. The minimum absolute atomic E-state index is 0.0726. The summed E-state index contributed by atoms with van der Waals surface area (Å²) in [4.78, 5) is 19.5. The highest BCUT2D eigenvalue weighted by Crippen LogP contribution is 1.99. The van der Waals surface area contributed by atoms with Crippen LogP contribution in [-0.2, 0) is 4.74 Å². The fraction of sp³-hybridized carbons (Fsp3) is 0.500. The van der Waals surface area contributed by atoms with Gasteiger partial charge in [0.2, 0.25) is 0 Å². The molecule has 1 rings (SSSR count). The van der Waals surface area contributed by atoms with Gasteiger partial charge in [0, 0.05) is 12.6 Å². The third-order valence-corrected chi connectivity index (χ3v) is 1.98. The van der Waals surface area contributed by atoms with Crippen molar-refractivity contribution in [3.05, 3.63) is 18.1 Å². The van der Waals surface area contributed by atoms with Gasteiger partial charge in [0.25, 0.3) is 5.91 Å². The topological polar surface area (TPSA) is 102 Å². The number of nitrogens with two attached hydrogens (primary N) is 1. The number of aromatic nitrogens is 2. The number of nitrogens with zero attached hydrogens (tertiary/aromatic N) is 2. The largest absolute Gasteiger partial charge is 0.380 e. The second kappa shape index (κ2) is 6.77. The van der Waals surface area contributed by atoms with Gasteiger partial charge in [-0.05, 0) is 13.8 Å². The number of ether oxygens (including phenoxy) is 1. The molecule has 4 N–H and O–H groups in total. The molecule has 0 aliphatic rings. The Morgan fingerprint density at radius 3 is 2.82 bits per heavy atom. The van der Waals surface area contributed by atoms with Gasteiger partial charge < -0.3 is 15.5 Å². The minimum atomic E-state index is -0.284. The molecule has 1 aromatic rings. The van der Waals surface area contributed by atoms with E-state index < -0.39 is 0 Å². The third kappa shape index (κ3) is 4.33. The van der Waals surface area contributed by atoms with E-state index in [9.17, 15) is 4.79 Å². The Kier molecular flexibility index (Phi) is 5.31. The van der Waals surface area contributed by atoms with E-state index in [0.29, 0.717) is 19.0 Å². The van der Waals surface area contributed by atoms with Crippen LogP contribution in [-0.4, -0.2) is 35.1 Å². The average molecular weight is 239 g/mol. The van der Waals surface area contributed by atoms with Crippen LogP contribution in [0.2, 0.25) is 0 Å². The van der Waals surface area contributed by atoms with Crippen molar-refractivity contribution in [3.8, 4) is 0 Å². The molecule has 0 spiro atoms. The van der Waals surface area contributed by atoms with Crippen molar-refractivity contribution in [1.82, 2.24) is 15.3 Å². The van der Waals surface area contributed by atoms with Crippen molar-refractivity contribution < 1.29 is 9.53 Å². The molecule has 7 nitrogen and oxygen atoms in total. The Labute approximate surface area is 99.7 Å². The summed E-state index contributed by atoms with van der Waals surface area (Å²) in [7, 11) is 0. The number of carbonyl (C=O) groups excluding carboxylic acids is 1. The standard InChI is InChI=1S/C10H17N5O2/c1-3-17-6-7(2)14-10(16)8-4-13-9(15-11)5-12-8/h4-5,7H,3,6,11H2,1-2H3,(H,13,15)(H,14,16). The number of hydrogen-bond acceptors (Lipinski definition) is 6. The molecule has 0 bridgehead atoms. The summed E-state index contributed by atoms with van der Waals surface area (Å²) in [6.45, 7) is 4.85. The van der Waals surface area contributed by atoms with Crippen LogP contribution < -0.4 is 16.6 Å². The number of hydrogen-bond donors (Lipinski definition) is 3. The van der Waals surface area contributed by atoms with E-state index in [2.05, 4.69) is 20.7 Å². The van der Waals surface area contributed by atoms with Crippen molar-refractivity contribution in [3.63, 3.8) is 0 Å². The lowest BCUT2D eigenvalue weighted by atomic mass is 10.3. The number of amides is 1. The molecule has 7 heteroatoms. The Morgan fingerprint density at radius 1 is 1.53 bits per heavy atom. The normalized spacial score (nSPS) is 11.9. The van der Waals surface area contributed by atoms with Gasteiger partial charge in [-0.1, -0.05) is 0 Å². The zero-order valence-electron chi connectivity index (χ0n) is 9.93. The highest BCUT2D eigenvalue weighted by Gasteiger charge is 2.11. The Hall–Kier alpha value is -1.73. The van der Waals surface area contributed by atoms with E-state index in [0.717, 1.165) is 0 Å². The fourth-order valence-corrected chi connectivity index (χ4v) is 1.15. The zero-order valence-corrected chi connectivity index (χ0v) is 9.93. The van der Waals surface area contributed by atoms with Crippen LogP contribution in [0.5, 0.6) is 0 Å². The van der Waals surface area contributed by atoms with Crippen LogP contribution >= 0.6 is 0 Å². The number of rotatable bonds is 6. The molecule has 0 saturated heterocycles. The van der Waals surface area contributed by atoms with E-state index >= 15 is 0 Å². The first-order chi connectivity index (χ1) is 8.17. The van der Waals surface area contributed by atoms with E-state index in [1.807, 2.05) is 13.8 Å². The van der Waals surface area contributed by atoms with Crippen molar-refractivity contribution >= 4 is 11.7 Å². The molecular weight excluding hydrogens is 222 g/mol. The van der Waals surface area contributed by atoms with Crippen LogP contribution in [0.3, 0.4) is 0 Å². The van der Waals surface area contributed by atoms with E-state index in [1.165, 1.54) is 12.4 Å². The first-order valence-electron chi connectivity index (χ1n) is 5.34. The maximum atomic E-state index is 11.7. The lowest BCUT2D eigenvalue weighted by Gasteiger charge is -2.13. The van der Waals surface area contributed by atoms with Gasteiger partial charge in [-0.2, -0.15) is 0 Å².